The molecule has 6 nitrogen and oxygen atoms in total. The first-order valence-corrected chi connectivity index (χ1v) is 11.5. The van der Waals surface area contributed by atoms with E-state index in [0.29, 0.717) is 0 Å². The molecular formula is C28H4F10N6. The summed E-state index contributed by atoms with van der Waals surface area (Å²) in [5, 5.41) is 16.3. The van der Waals surface area contributed by atoms with E-state index < -0.39 is 138 Å². The Balaban J connectivity index is 2.22. The molecule has 44 heavy (non-hydrogen) atoms. The lowest BCUT2D eigenvalue weighted by Crippen LogP contribution is -2.26. The maximum absolute atomic E-state index is 16.2. The fourth-order valence-corrected chi connectivity index (χ4v) is 5.16. The van der Waals surface area contributed by atoms with Crippen molar-refractivity contribution >= 4 is 11.7 Å². The fourth-order valence-electron chi connectivity index (χ4n) is 5.16. The van der Waals surface area contributed by atoms with Crippen molar-refractivity contribution in [3.8, 4) is 34.4 Å². The van der Waals surface area contributed by atoms with Gasteiger partial charge in [0, 0.05) is 40.0 Å². The number of hydrogen-bond acceptors (Lipinski definition) is 4. The van der Waals surface area contributed by atoms with Crippen molar-refractivity contribution in [3.05, 3.63) is 114 Å². The van der Waals surface area contributed by atoms with Crippen molar-refractivity contribution in [2.75, 3.05) is 0 Å². The molecule has 0 unspecified atom stereocenters. The fraction of sp³-hybridized carbons (Fsp3) is 0.0714. The molecule has 2 aliphatic rings. The lowest BCUT2D eigenvalue weighted by molar-refractivity contribution is 0.410. The van der Waals surface area contributed by atoms with Crippen LogP contribution in [0.2, 0.25) is 0 Å². The summed E-state index contributed by atoms with van der Waals surface area (Å²) in [4.78, 5) is 10.4. The quantitative estimate of drug-likeness (QED) is 0.163. The van der Waals surface area contributed by atoms with Crippen molar-refractivity contribution in [3.63, 3.8) is 0 Å². The summed E-state index contributed by atoms with van der Waals surface area (Å²) in [5.74, 6) is -22.6. The summed E-state index contributed by atoms with van der Waals surface area (Å²) in [7, 11) is 0. The van der Waals surface area contributed by atoms with Crippen LogP contribution >= 0.6 is 0 Å². The zero-order chi connectivity index (χ0) is 32.4. The van der Waals surface area contributed by atoms with E-state index in [1.54, 1.807) is 0 Å². The van der Waals surface area contributed by atoms with E-state index in [-0.39, 0.29) is 0 Å². The average molecular weight is 614 g/mol. The zero-order valence-electron chi connectivity index (χ0n) is 20.9. The van der Waals surface area contributed by atoms with E-state index in [1.165, 1.54) is 12.1 Å². The lowest BCUT2D eigenvalue weighted by atomic mass is 9.87. The molecule has 2 heterocycles. The molecule has 0 aliphatic heterocycles. The minimum atomic E-state index is -2.27. The summed E-state index contributed by atoms with van der Waals surface area (Å²) < 4.78 is 150. The van der Waals surface area contributed by atoms with E-state index in [0.717, 1.165) is 0 Å². The van der Waals surface area contributed by atoms with Crippen LogP contribution in [0.3, 0.4) is 0 Å². The van der Waals surface area contributed by atoms with Crippen LogP contribution in [0.25, 0.3) is 43.6 Å². The van der Waals surface area contributed by atoms with Gasteiger partial charge in [0.1, 0.15) is 42.5 Å². The Hall–Kier alpha value is -6.00. The smallest absolute Gasteiger partial charge is 0.207 e. The predicted octanol–water partition coefficient (Wildman–Crippen LogP) is 5.58. The molecule has 16 heteroatoms. The van der Waals surface area contributed by atoms with Gasteiger partial charge in [-0.2, -0.15) is 47.7 Å². The van der Waals surface area contributed by atoms with Crippen LogP contribution in [0.5, 0.6) is 0 Å². The Morgan fingerprint density at radius 3 is 1.25 bits per heavy atom. The molecule has 0 amide bonds. The van der Waals surface area contributed by atoms with E-state index in [9.17, 15) is 28.1 Å². The second-order valence-corrected chi connectivity index (χ2v) is 8.93. The molecule has 2 aliphatic carbocycles. The van der Waals surface area contributed by atoms with Gasteiger partial charge in [-0.25, -0.2) is 26.3 Å². The molecule has 1 aromatic carbocycles. The van der Waals surface area contributed by atoms with Gasteiger partial charge in [0.05, 0.1) is 16.7 Å². The van der Waals surface area contributed by atoms with E-state index in [2.05, 4.69) is 19.7 Å². The third-order valence-electron chi connectivity index (χ3n) is 6.89. The second kappa shape index (κ2) is 10.4. The van der Waals surface area contributed by atoms with Gasteiger partial charge in [-0.15, -0.1) is 0 Å². The molecule has 0 atom stereocenters. The second-order valence-electron chi connectivity index (χ2n) is 8.93. The molecule has 0 radical (unpaired) electrons. The molecule has 0 fully saturated rings. The van der Waals surface area contributed by atoms with Gasteiger partial charge in [0.15, 0.2) is 23.3 Å². The van der Waals surface area contributed by atoms with Gasteiger partial charge >= 0.3 is 5.82 Å². The van der Waals surface area contributed by atoms with Gasteiger partial charge < -0.3 is 0 Å². The topological polar surface area (TPSA) is 82.1 Å². The first kappa shape index (κ1) is 29.5. The first-order chi connectivity index (χ1) is 20.8. The number of benzene rings is 1. The van der Waals surface area contributed by atoms with Crippen molar-refractivity contribution in [2.45, 2.75) is 12.8 Å². The molecule has 0 saturated heterocycles. The van der Waals surface area contributed by atoms with E-state index in [1.807, 2.05) is 0 Å². The average Bonchev–Trinajstić information content (AvgIpc) is 3.50. The van der Waals surface area contributed by atoms with Gasteiger partial charge in [-0.3, -0.25) is 0 Å². The number of allylic oxidation sites excluding steroid dienone is 3. The predicted molar refractivity (Wildman–Crippen MR) is 127 cm³/mol. The van der Waals surface area contributed by atoms with Crippen molar-refractivity contribution < 1.29 is 43.9 Å². The number of hydrogen-bond donors (Lipinski definition) is 0. The van der Waals surface area contributed by atoms with Crippen molar-refractivity contribution in [2.24, 2.45) is 0 Å². The molecule has 0 bridgehead atoms. The molecule has 5 rings (SSSR count). The van der Waals surface area contributed by atoms with Crippen LogP contribution in [-0.4, -0.2) is 9.97 Å². The highest BCUT2D eigenvalue weighted by atomic mass is 19.2. The van der Waals surface area contributed by atoms with Gasteiger partial charge in [-0.05, 0) is 11.1 Å². The maximum atomic E-state index is 16.2. The Bertz CT molecular complexity index is 2030. The third-order valence-corrected chi connectivity index (χ3v) is 6.89. The Morgan fingerprint density at radius 1 is 0.568 bits per heavy atom. The summed E-state index contributed by atoms with van der Waals surface area (Å²) in [6.07, 6.45) is -2.21. The molecule has 2 aromatic heterocycles. The van der Waals surface area contributed by atoms with Crippen molar-refractivity contribution in [1.82, 2.24) is 9.97 Å². The Morgan fingerprint density at radius 2 is 0.909 bits per heavy atom. The number of aromatic nitrogens is 2. The van der Waals surface area contributed by atoms with Gasteiger partial charge in [0.2, 0.25) is 0 Å². The Labute approximate surface area is 237 Å². The summed E-state index contributed by atoms with van der Waals surface area (Å²) in [6, 6.07) is 2.62. The first-order valence-electron chi connectivity index (χ1n) is 11.5. The van der Waals surface area contributed by atoms with Crippen LogP contribution in [0.1, 0.15) is 11.1 Å². The van der Waals surface area contributed by atoms with Crippen LogP contribution < -0.4 is 10.4 Å². The van der Waals surface area contributed by atoms with E-state index >= 15 is 26.3 Å². The largest absolute Gasteiger partial charge is 0.525 e. The zero-order valence-corrected chi connectivity index (χ0v) is 20.9. The third kappa shape index (κ3) is 3.92. The molecular weight excluding hydrogens is 610 g/mol. The summed E-state index contributed by atoms with van der Waals surface area (Å²) >= 11 is 0. The van der Waals surface area contributed by atoms with Crippen LogP contribution in [0.15, 0.2) is 22.5 Å². The number of nitrogens with zero attached hydrogens (tertiary/aromatic N) is 6. The van der Waals surface area contributed by atoms with Crippen LogP contribution in [-0.2, 0) is 12.8 Å². The lowest BCUT2D eigenvalue weighted by Gasteiger charge is -2.17. The highest BCUT2D eigenvalue weighted by Gasteiger charge is 2.40. The molecule has 0 N–H and O–H groups in total. The Kier molecular flexibility index (Phi) is 6.95. The van der Waals surface area contributed by atoms with Gasteiger partial charge in [-0.1, -0.05) is 0 Å². The van der Waals surface area contributed by atoms with E-state index in [4.69, 9.17) is 13.1 Å². The normalized spacial score (nSPS) is 13.2. The highest BCUT2D eigenvalue weighted by molar-refractivity contribution is 5.90. The van der Waals surface area contributed by atoms with Crippen LogP contribution in [0, 0.1) is 82.9 Å². The number of pyridine rings is 2. The molecule has 216 valence electrons. The van der Waals surface area contributed by atoms with Crippen molar-refractivity contribution in [1.29, 1.82) is 10.5 Å². The standard InChI is InChI=1S/C28H4F10N6/c1-41-28(42-2)11-4-10-13(17-22(33)26(37)44-27(38)23(17)34)14-9(3-8(18(14)29)7(5-39)6-40)12(15(10)19(11)30)16-20(31)24(35)43-25(36)21(16)32/h3-4H2. The SMILES string of the molecule is [C-]#[N+]C([N+]#[C-])=C1Cc2c(-c3c(F)c(F)nc(F)c3F)c3c(c(-c4c(F)c(F)nc(F)c4F)c2=C1F)CC(=C(C#N)C#N)C=3F. The molecule has 0 saturated carbocycles. The minimum Gasteiger partial charge on any atom is -0.207 e. The number of rotatable bonds is 2. The highest BCUT2D eigenvalue weighted by Crippen LogP contribution is 2.42. The number of halogens is 10. The minimum absolute atomic E-state index is 0.895. The molecule has 0 spiro atoms. The summed E-state index contributed by atoms with van der Waals surface area (Å²) in [5.41, 5.74) is -10.6. The number of fused-ring (bicyclic) bond motifs is 2. The maximum Gasteiger partial charge on any atom is 0.525 e. The molecule has 3 aromatic rings. The van der Waals surface area contributed by atoms with Crippen LogP contribution in [0.4, 0.5) is 43.9 Å². The monoisotopic (exact) mass is 614 g/mol. The number of nitriles is 2. The van der Waals surface area contributed by atoms with Gasteiger partial charge in [0.25, 0.3) is 23.8 Å². The summed E-state index contributed by atoms with van der Waals surface area (Å²) in [6.45, 7) is 14.3.